The van der Waals surface area contributed by atoms with Crippen molar-refractivity contribution in [3.05, 3.63) is 23.3 Å². The molecule has 3 nitrogen and oxygen atoms in total. The minimum absolute atomic E-state index is 0.00333. The van der Waals surface area contributed by atoms with E-state index in [1.807, 2.05) is 6.92 Å². The van der Waals surface area contributed by atoms with Crippen molar-refractivity contribution in [2.45, 2.75) is 78.7 Å². The number of rotatable bonds is 10. The molecule has 132 valence electrons. The highest BCUT2D eigenvalue weighted by Crippen LogP contribution is 2.30. The Morgan fingerprint density at radius 3 is 2.70 bits per heavy atom. The van der Waals surface area contributed by atoms with E-state index in [-0.39, 0.29) is 11.6 Å². The van der Waals surface area contributed by atoms with Crippen molar-refractivity contribution in [2.24, 2.45) is 5.92 Å². The van der Waals surface area contributed by atoms with Gasteiger partial charge in [0.1, 0.15) is 0 Å². The Morgan fingerprint density at radius 2 is 2.04 bits per heavy atom. The minimum Gasteiger partial charge on any atom is -0.463 e. The molecule has 3 heteroatoms. The van der Waals surface area contributed by atoms with Gasteiger partial charge in [-0.15, -0.1) is 0 Å². The maximum absolute atomic E-state index is 11.5. The van der Waals surface area contributed by atoms with Crippen LogP contribution in [0.1, 0.15) is 73.1 Å². The molecule has 1 atom stereocenters. The maximum atomic E-state index is 11.5. The second-order valence-electron chi connectivity index (χ2n) is 7.17. The average Bonchev–Trinajstić information content (AvgIpc) is 2.85. The van der Waals surface area contributed by atoms with E-state index in [9.17, 15) is 4.79 Å². The second-order valence-corrected chi connectivity index (χ2v) is 7.17. The third kappa shape index (κ3) is 8.36. The normalized spacial score (nSPS) is 18.1. The highest BCUT2D eigenvalue weighted by molar-refractivity contribution is 5.83. The summed E-state index contributed by atoms with van der Waals surface area (Å²) >= 11 is 0. The van der Waals surface area contributed by atoms with E-state index in [1.165, 1.54) is 18.4 Å². The Kier molecular flexibility index (Phi) is 8.60. The molecule has 0 aromatic carbocycles. The van der Waals surface area contributed by atoms with Crippen molar-refractivity contribution in [1.82, 2.24) is 0 Å². The molecule has 1 aliphatic rings. The van der Waals surface area contributed by atoms with Crippen LogP contribution in [0.2, 0.25) is 0 Å². The summed E-state index contributed by atoms with van der Waals surface area (Å²) in [5.41, 5.74) is 2.58. The summed E-state index contributed by atoms with van der Waals surface area (Å²) in [5, 5.41) is 0. The first-order valence-corrected chi connectivity index (χ1v) is 9.07. The Hall–Kier alpha value is -1.09. The number of carbonyl (C=O) groups is 1. The van der Waals surface area contributed by atoms with Crippen LogP contribution in [0.3, 0.4) is 0 Å². The first-order valence-electron chi connectivity index (χ1n) is 9.07. The molecule has 23 heavy (non-hydrogen) atoms. The molecule has 0 amide bonds. The Balaban J connectivity index is 2.35. The Morgan fingerprint density at radius 1 is 1.30 bits per heavy atom. The lowest BCUT2D eigenvalue weighted by molar-refractivity contribution is -0.137. The first-order chi connectivity index (χ1) is 10.9. The average molecular weight is 322 g/mol. The van der Waals surface area contributed by atoms with Gasteiger partial charge in [0, 0.05) is 12.7 Å². The molecule has 0 heterocycles. The fraction of sp³-hybridized carbons (Fsp3) is 0.750. The summed E-state index contributed by atoms with van der Waals surface area (Å²) in [4.78, 5) is 11.5. The molecule has 0 bridgehead atoms. The number of esters is 1. The van der Waals surface area contributed by atoms with E-state index in [2.05, 4.69) is 33.8 Å². The number of allylic oxidation sites excluding steroid dienone is 3. The largest absolute Gasteiger partial charge is 0.463 e. The standard InChI is InChI=1S/C20H34O3/c1-6-22-19(21)15-18-11-10-17(14-18)13-16(3)9-8-12-20(4,5)23-7-2/h14-16H,6-13H2,1-5H3/b18-15+. The van der Waals surface area contributed by atoms with Gasteiger partial charge in [0.2, 0.25) is 0 Å². The van der Waals surface area contributed by atoms with Crippen molar-refractivity contribution in [3.8, 4) is 0 Å². The van der Waals surface area contributed by atoms with E-state index in [0.717, 1.165) is 37.9 Å². The van der Waals surface area contributed by atoms with Crippen LogP contribution in [0.25, 0.3) is 0 Å². The Labute approximate surface area is 142 Å². The van der Waals surface area contributed by atoms with E-state index in [4.69, 9.17) is 9.47 Å². The molecule has 0 spiro atoms. The van der Waals surface area contributed by atoms with E-state index >= 15 is 0 Å². The summed E-state index contributed by atoms with van der Waals surface area (Å²) in [6.45, 7) is 11.8. The highest BCUT2D eigenvalue weighted by Gasteiger charge is 2.18. The van der Waals surface area contributed by atoms with Gasteiger partial charge in [-0.2, -0.15) is 0 Å². The molecule has 1 aliphatic carbocycles. The first kappa shape index (κ1) is 20.0. The highest BCUT2D eigenvalue weighted by atomic mass is 16.5. The zero-order valence-corrected chi connectivity index (χ0v) is 15.6. The van der Waals surface area contributed by atoms with Crippen LogP contribution in [-0.2, 0) is 14.3 Å². The topological polar surface area (TPSA) is 35.5 Å². The zero-order chi connectivity index (χ0) is 17.3. The van der Waals surface area contributed by atoms with Gasteiger partial charge in [-0.05, 0) is 64.9 Å². The summed E-state index contributed by atoms with van der Waals surface area (Å²) in [5.74, 6) is 0.465. The molecule has 0 aromatic heterocycles. The fourth-order valence-electron chi connectivity index (χ4n) is 3.21. The summed E-state index contributed by atoms with van der Waals surface area (Å²) < 4.78 is 10.7. The van der Waals surface area contributed by atoms with Crippen molar-refractivity contribution >= 4 is 5.97 Å². The van der Waals surface area contributed by atoms with Gasteiger partial charge in [0.05, 0.1) is 12.2 Å². The van der Waals surface area contributed by atoms with Crippen LogP contribution < -0.4 is 0 Å². The predicted octanol–water partition coefficient (Wildman–Crippen LogP) is 5.21. The van der Waals surface area contributed by atoms with Crippen molar-refractivity contribution in [3.63, 3.8) is 0 Å². The van der Waals surface area contributed by atoms with Crippen molar-refractivity contribution in [2.75, 3.05) is 13.2 Å². The van der Waals surface area contributed by atoms with E-state index < -0.39 is 0 Å². The van der Waals surface area contributed by atoms with Gasteiger partial charge in [-0.1, -0.05) is 31.4 Å². The number of ether oxygens (including phenoxy) is 2. The van der Waals surface area contributed by atoms with Gasteiger partial charge in [0.15, 0.2) is 0 Å². The molecule has 0 aliphatic heterocycles. The lowest BCUT2D eigenvalue weighted by Gasteiger charge is -2.25. The molecule has 0 saturated carbocycles. The van der Waals surface area contributed by atoms with Gasteiger partial charge in [-0.25, -0.2) is 4.79 Å². The molecule has 0 saturated heterocycles. The van der Waals surface area contributed by atoms with Crippen LogP contribution in [0.4, 0.5) is 0 Å². The Bertz CT molecular complexity index is 432. The monoisotopic (exact) mass is 322 g/mol. The zero-order valence-electron chi connectivity index (χ0n) is 15.6. The van der Waals surface area contributed by atoms with Crippen molar-refractivity contribution < 1.29 is 14.3 Å². The van der Waals surface area contributed by atoms with E-state index in [0.29, 0.717) is 12.5 Å². The fourth-order valence-corrected chi connectivity index (χ4v) is 3.21. The molecule has 1 unspecified atom stereocenters. The predicted molar refractivity (Wildman–Crippen MR) is 95.4 cm³/mol. The minimum atomic E-state index is -0.216. The molecule has 0 N–H and O–H groups in total. The van der Waals surface area contributed by atoms with Gasteiger partial charge in [0.25, 0.3) is 0 Å². The quantitative estimate of drug-likeness (QED) is 0.409. The molecule has 0 aromatic rings. The summed E-state index contributed by atoms with van der Waals surface area (Å²) in [6.07, 6.45) is 10.6. The lowest BCUT2D eigenvalue weighted by atomic mass is 9.92. The SMILES string of the molecule is CCOC(=O)/C=C1/C=C(CC(C)CCCC(C)(C)OCC)CC1. The van der Waals surface area contributed by atoms with Crippen LogP contribution in [-0.4, -0.2) is 24.8 Å². The van der Waals surface area contributed by atoms with Crippen LogP contribution in [0, 0.1) is 5.92 Å². The molecule has 0 fully saturated rings. The molecule has 1 rings (SSSR count). The van der Waals surface area contributed by atoms with Gasteiger partial charge >= 0.3 is 5.97 Å². The number of hydrogen-bond acceptors (Lipinski definition) is 3. The lowest BCUT2D eigenvalue weighted by Crippen LogP contribution is -2.24. The third-order valence-electron chi connectivity index (χ3n) is 4.34. The molecular weight excluding hydrogens is 288 g/mol. The number of carbonyl (C=O) groups excluding carboxylic acids is 1. The van der Waals surface area contributed by atoms with Crippen LogP contribution in [0.5, 0.6) is 0 Å². The van der Waals surface area contributed by atoms with E-state index in [1.54, 1.807) is 6.08 Å². The third-order valence-corrected chi connectivity index (χ3v) is 4.34. The molecule has 0 radical (unpaired) electrons. The maximum Gasteiger partial charge on any atom is 0.331 e. The van der Waals surface area contributed by atoms with Gasteiger partial charge < -0.3 is 9.47 Å². The summed E-state index contributed by atoms with van der Waals surface area (Å²) in [6, 6.07) is 0. The number of hydrogen-bond donors (Lipinski definition) is 0. The van der Waals surface area contributed by atoms with Crippen molar-refractivity contribution in [1.29, 1.82) is 0 Å². The molecular formula is C20H34O3. The summed E-state index contributed by atoms with van der Waals surface area (Å²) in [7, 11) is 0. The van der Waals surface area contributed by atoms with Crippen LogP contribution in [0.15, 0.2) is 23.3 Å². The second kappa shape index (κ2) is 9.92. The smallest absolute Gasteiger partial charge is 0.331 e. The van der Waals surface area contributed by atoms with Crippen LogP contribution >= 0.6 is 0 Å². The van der Waals surface area contributed by atoms with Gasteiger partial charge in [-0.3, -0.25) is 0 Å².